The minimum Gasteiger partial charge on any atom is -0.490 e. The molecular formula is C23H28BrCl2NO2. The van der Waals surface area contributed by atoms with Gasteiger partial charge in [-0.1, -0.05) is 55.0 Å². The Kier molecular flexibility index (Phi) is 8.98. The first-order chi connectivity index (χ1) is 14.1. The molecule has 158 valence electrons. The van der Waals surface area contributed by atoms with Crippen LogP contribution in [0, 0.1) is 0 Å². The summed E-state index contributed by atoms with van der Waals surface area (Å²) < 4.78 is 12.8. The second-order valence-electron chi connectivity index (χ2n) is 7.44. The number of halogens is 3. The SMILES string of the molecule is CCOc1cc(CNC2CCCCCC2)cc(Br)c1OCc1ccc(Cl)c(Cl)c1. The summed E-state index contributed by atoms with van der Waals surface area (Å²) in [6.45, 7) is 3.77. The molecule has 0 saturated heterocycles. The Bertz CT molecular complexity index is 808. The highest BCUT2D eigenvalue weighted by atomic mass is 79.9. The van der Waals surface area contributed by atoms with Crippen molar-refractivity contribution in [3.63, 3.8) is 0 Å². The van der Waals surface area contributed by atoms with Crippen LogP contribution >= 0.6 is 39.1 Å². The number of hydrogen-bond acceptors (Lipinski definition) is 3. The molecular weight excluding hydrogens is 473 g/mol. The van der Waals surface area contributed by atoms with Gasteiger partial charge in [-0.25, -0.2) is 0 Å². The second kappa shape index (κ2) is 11.5. The molecule has 0 aliphatic heterocycles. The topological polar surface area (TPSA) is 30.5 Å². The van der Waals surface area contributed by atoms with Crippen molar-refractivity contribution in [3.8, 4) is 11.5 Å². The molecule has 1 aliphatic carbocycles. The van der Waals surface area contributed by atoms with Crippen LogP contribution in [0.4, 0.5) is 0 Å². The summed E-state index contributed by atoms with van der Waals surface area (Å²) in [5.74, 6) is 1.45. The standard InChI is InChI=1S/C23H28BrCl2NO2/c1-2-28-22-13-17(14-27-18-7-5-3-4-6-8-18)11-19(24)23(22)29-15-16-9-10-20(25)21(26)12-16/h9-13,18,27H,2-8,14-15H2,1H3. The van der Waals surface area contributed by atoms with E-state index in [-0.39, 0.29) is 0 Å². The van der Waals surface area contributed by atoms with Gasteiger partial charge in [0, 0.05) is 12.6 Å². The van der Waals surface area contributed by atoms with Gasteiger partial charge in [0.2, 0.25) is 0 Å². The van der Waals surface area contributed by atoms with Crippen molar-refractivity contribution in [2.24, 2.45) is 0 Å². The molecule has 1 saturated carbocycles. The largest absolute Gasteiger partial charge is 0.490 e. The fourth-order valence-electron chi connectivity index (χ4n) is 3.66. The highest BCUT2D eigenvalue weighted by molar-refractivity contribution is 9.10. The summed E-state index contributed by atoms with van der Waals surface area (Å²) in [7, 11) is 0. The van der Waals surface area contributed by atoms with Crippen LogP contribution in [0.25, 0.3) is 0 Å². The fraction of sp³-hybridized carbons (Fsp3) is 0.478. The van der Waals surface area contributed by atoms with Crippen LogP contribution in [0.1, 0.15) is 56.6 Å². The zero-order valence-electron chi connectivity index (χ0n) is 16.8. The lowest BCUT2D eigenvalue weighted by Gasteiger charge is -2.19. The molecule has 0 heterocycles. The summed E-state index contributed by atoms with van der Waals surface area (Å²) in [6.07, 6.45) is 7.92. The van der Waals surface area contributed by atoms with Crippen LogP contribution in [0.5, 0.6) is 11.5 Å². The average Bonchev–Trinajstić information content (AvgIpc) is 2.97. The van der Waals surface area contributed by atoms with Gasteiger partial charge in [-0.05, 0) is 71.1 Å². The van der Waals surface area contributed by atoms with Crippen molar-refractivity contribution in [1.29, 1.82) is 0 Å². The number of nitrogens with one attached hydrogen (secondary N) is 1. The number of hydrogen-bond donors (Lipinski definition) is 1. The van der Waals surface area contributed by atoms with E-state index in [1.807, 2.05) is 19.1 Å². The van der Waals surface area contributed by atoms with Gasteiger partial charge in [0.05, 0.1) is 21.1 Å². The van der Waals surface area contributed by atoms with Gasteiger partial charge >= 0.3 is 0 Å². The van der Waals surface area contributed by atoms with Crippen molar-refractivity contribution in [3.05, 3.63) is 56.0 Å². The molecule has 1 N–H and O–H groups in total. The first-order valence-electron chi connectivity index (χ1n) is 10.3. The van der Waals surface area contributed by atoms with Crippen LogP contribution < -0.4 is 14.8 Å². The van der Waals surface area contributed by atoms with E-state index in [0.717, 1.165) is 22.3 Å². The van der Waals surface area contributed by atoms with Gasteiger partial charge in [-0.3, -0.25) is 0 Å². The normalized spacial score (nSPS) is 15.2. The molecule has 0 bridgehead atoms. The molecule has 0 spiro atoms. The van der Waals surface area contributed by atoms with E-state index in [9.17, 15) is 0 Å². The highest BCUT2D eigenvalue weighted by Gasteiger charge is 2.15. The Labute approximate surface area is 192 Å². The molecule has 1 fully saturated rings. The molecule has 0 radical (unpaired) electrons. The van der Waals surface area contributed by atoms with Crippen molar-refractivity contribution < 1.29 is 9.47 Å². The Hall–Kier alpha value is -0.940. The molecule has 3 nitrogen and oxygen atoms in total. The van der Waals surface area contributed by atoms with Gasteiger partial charge in [0.25, 0.3) is 0 Å². The predicted molar refractivity (Wildman–Crippen MR) is 124 cm³/mol. The van der Waals surface area contributed by atoms with Crippen molar-refractivity contribution in [2.75, 3.05) is 6.61 Å². The minimum absolute atomic E-state index is 0.384. The molecule has 0 atom stereocenters. The molecule has 2 aromatic carbocycles. The molecule has 3 rings (SSSR count). The molecule has 0 unspecified atom stereocenters. The number of benzene rings is 2. The highest BCUT2D eigenvalue weighted by Crippen LogP contribution is 2.38. The third-order valence-electron chi connectivity index (χ3n) is 5.19. The summed E-state index contributed by atoms with van der Waals surface area (Å²) in [5.41, 5.74) is 2.14. The zero-order chi connectivity index (χ0) is 20.6. The maximum Gasteiger partial charge on any atom is 0.175 e. The van der Waals surface area contributed by atoms with Crippen LogP contribution in [-0.4, -0.2) is 12.6 Å². The van der Waals surface area contributed by atoms with Crippen molar-refractivity contribution in [2.45, 2.75) is 64.6 Å². The van der Waals surface area contributed by atoms with E-state index in [2.05, 4.69) is 33.4 Å². The van der Waals surface area contributed by atoms with Crippen LogP contribution in [-0.2, 0) is 13.2 Å². The monoisotopic (exact) mass is 499 g/mol. The molecule has 29 heavy (non-hydrogen) atoms. The minimum atomic E-state index is 0.384. The van der Waals surface area contributed by atoms with E-state index in [4.69, 9.17) is 32.7 Å². The van der Waals surface area contributed by atoms with Gasteiger partial charge in [0.1, 0.15) is 6.61 Å². The van der Waals surface area contributed by atoms with Gasteiger partial charge in [0.15, 0.2) is 11.5 Å². The first kappa shape index (κ1) is 22.7. The summed E-state index contributed by atoms with van der Waals surface area (Å²) in [6, 6.07) is 10.3. The van der Waals surface area contributed by atoms with Gasteiger partial charge in [-0.15, -0.1) is 0 Å². The van der Waals surface area contributed by atoms with Crippen LogP contribution in [0.15, 0.2) is 34.8 Å². The average molecular weight is 501 g/mol. The zero-order valence-corrected chi connectivity index (χ0v) is 19.9. The summed E-state index contributed by atoms with van der Waals surface area (Å²) in [5, 5.41) is 4.78. The van der Waals surface area contributed by atoms with Gasteiger partial charge in [-0.2, -0.15) is 0 Å². The first-order valence-corrected chi connectivity index (χ1v) is 11.9. The van der Waals surface area contributed by atoms with E-state index >= 15 is 0 Å². The van der Waals surface area contributed by atoms with Crippen molar-refractivity contribution in [1.82, 2.24) is 5.32 Å². The van der Waals surface area contributed by atoms with Crippen LogP contribution in [0.3, 0.4) is 0 Å². The van der Waals surface area contributed by atoms with E-state index in [1.54, 1.807) is 6.07 Å². The maximum atomic E-state index is 6.11. The molecule has 0 amide bonds. The lowest BCUT2D eigenvalue weighted by atomic mass is 10.1. The Balaban J connectivity index is 1.68. The lowest BCUT2D eigenvalue weighted by Crippen LogP contribution is -2.27. The molecule has 1 aliphatic rings. The smallest absolute Gasteiger partial charge is 0.175 e. The maximum absolute atomic E-state index is 6.11. The molecule has 6 heteroatoms. The second-order valence-corrected chi connectivity index (χ2v) is 9.11. The number of rotatable bonds is 8. The summed E-state index contributed by atoms with van der Waals surface area (Å²) in [4.78, 5) is 0. The Morgan fingerprint density at radius 2 is 1.72 bits per heavy atom. The van der Waals surface area contributed by atoms with Crippen molar-refractivity contribution >= 4 is 39.1 Å². The third kappa shape index (κ3) is 6.78. The molecule has 0 aromatic heterocycles. The van der Waals surface area contributed by atoms with Gasteiger partial charge < -0.3 is 14.8 Å². The van der Waals surface area contributed by atoms with E-state index in [1.165, 1.54) is 44.1 Å². The molecule has 2 aromatic rings. The number of ether oxygens (including phenoxy) is 2. The lowest BCUT2D eigenvalue weighted by molar-refractivity contribution is 0.267. The Morgan fingerprint density at radius 1 is 0.966 bits per heavy atom. The van der Waals surface area contributed by atoms with E-state index in [0.29, 0.717) is 35.1 Å². The quantitative estimate of drug-likeness (QED) is 0.379. The van der Waals surface area contributed by atoms with E-state index < -0.39 is 0 Å². The Morgan fingerprint density at radius 3 is 2.41 bits per heavy atom. The summed E-state index contributed by atoms with van der Waals surface area (Å²) >= 11 is 15.8. The fourth-order valence-corrected chi connectivity index (χ4v) is 4.58. The third-order valence-corrected chi connectivity index (χ3v) is 6.51. The predicted octanol–water partition coefficient (Wildman–Crippen LogP) is 7.55. The van der Waals surface area contributed by atoms with Crippen LogP contribution in [0.2, 0.25) is 10.0 Å².